The lowest BCUT2D eigenvalue weighted by Gasteiger charge is -2.14. The monoisotopic (exact) mass is 394 g/mol. The third kappa shape index (κ3) is 3.67. The van der Waals surface area contributed by atoms with Crippen molar-refractivity contribution in [3.8, 4) is 17.2 Å². The fourth-order valence-corrected chi connectivity index (χ4v) is 3.12. The molecule has 0 bridgehead atoms. The van der Waals surface area contributed by atoms with Crippen LogP contribution in [0.4, 0.5) is 5.69 Å². The molecule has 3 rings (SSSR count). The molecule has 2 aromatic carbocycles. The van der Waals surface area contributed by atoms with E-state index in [2.05, 4.69) is 11.9 Å². The SMILES string of the molecule is C=CCN1C(=O)C(Nc2ccc(OC)cc2OC)=C(c2ccccc2OC)C1=O. The van der Waals surface area contributed by atoms with Gasteiger partial charge in [-0.25, -0.2) is 0 Å². The molecule has 29 heavy (non-hydrogen) atoms. The first-order valence-corrected chi connectivity index (χ1v) is 8.89. The van der Waals surface area contributed by atoms with Gasteiger partial charge in [-0.05, 0) is 18.2 Å². The third-order valence-corrected chi connectivity index (χ3v) is 4.52. The van der Waals surface area contributed by atoms with E-state index in [4.69, 9.17) is 14.2 Å². The number of benzene rings is 2. The normalized spacial score (nSPS) is 13.6. The number of nitrogens with zero attached hydrogens (tertiary/aromatic N) is 1. The summed E-state index contributed by atoms with van der Waals surface area (Å²) in [5, 5.41) is 3.08. The number of imide groups is 1. The highest BCUT2D eigenvalue weighted by Crippen LogP contribution is 2.37. The van der Waals surface area contributed by atoms with E-state index in [-0.39, 0.29) is 17.8 Å². The van der Waals surface area contributed by atoms with Gasteiger partial charge in [0.2, 0.25) is 0 Å². The predicted octanol–water partition coefficient (Wildman–Crippen LogP) is 3.09. The van der Waals surface area contributed by atoms with Gasteiger partial charge in [-0.2, -0.15) is 0 Å². The highest BCUT2D eigenvalue weighted by atomic mass is 16.5. The number of hydrogen-bond donors (Lipinski definition) is 1. The van der Waals surface area contributed by atoms with E-state index in [1.165, 1.54) is 20.3 Å². The summed E-state index contributed by atoms with van der Waals surface area (Å²) in [5.41, 5.74) is 1.42. The molecule has 0 saturated heterocycles. The van der Waals surface area contributed by atoms with Crippen LogP contribution in [-0.2, 0) is 9.59 Å². The van der Waals surface area contributed by atoms with E-state index in [1.54, 1.807) is 49.6 Å². The van der Waals surface area contributed by atoms with Gasteiger partial charge in [-0.15, -0.1) is 6.58 Å². The summed E-state index contributed by atoms with van der Waals surface area (Å²) >= 11 is 0. The Morgan fingerprint density at radius 3 is 2.34 bits per heavy atom. The highest BCUT2D eigenvalue weighted by molar-refractivity contribution is 6.37. The summed E-state index contributed by atoms with van der Waals surface area (Å²) in [6, 6.07) is 12.2. The lowest BCUT2D eigenvalue weighted by atomic mass is 10.0. The zero-order valence-electron chi connectivity index (χ0n) is 16.5. The summed E-state index contributed by atoms with van der Waals surface area (Å²) in [6.45, 7) is 3.73. The Bertz CT molecular complexity index is 996. The maximum Gasteiger partial charge on any atom is 0.278 e. The summed E-state index contributed by atoms with van der Waals surface area (Å²) in [4.78, 5) is 27.3. The number of methoxy groups -OCH3 is 3. The van der Waals surface area contributed by atoms with E-state index in [0.29, 0.717) is 28.5 Å². The number of nitrogens with one attached hydrogen (secondary N) is 1. The van der Waals surface area contributed by atoms with Crippen LogP contribution in [0.1, 0.15) is 5.56 Å². The fourth-order valence-electron chi connectivity index (χ4n) is 3.12. The van der Waals surface area contributed by atoms with Crippen molar-refractivity contribution in [3.63, 3.8) is 0 Å². The van der Waals surface area contributed by atoms with Gasteiger partial charge in [0.05, 0.1) is 32.6 Å². The Morgan fingerprint density at radius 2 is 1.69 bits per heavy atom. The number of ether oxygens (including phenoxy) is 3. The Morgan fingerprint density at radius 1 is 0.966 bits per heavy atom. The van der Waals surface area contributed by atoms with Crippen LogP contribution in [-0.4, -0.2) is 44.6 Å². The second-order valence-electron chi connectivity index (χ2n) is 6.15. The molecule has 0 fully saturated rings. The number of anilines is 1. The van der Waals surface area contributed by atoms with Crippen molar-refractivity contribution >= 4 is 23.1 Å². The minimum absolute atomic E-state index is 0.0985. The summed E-state index contributed by atoms with van der Waals surface area (Å²) < 4.78 is 16.0. The van der Waals surface area contributed by atoms with Gasteiger partial charge in [0.1, 0.15) is 22.9 Å². The Labute approximate surface area is 169 Å². The molecule has 2 aromatic rings. The number of para-hydroxylation sites is 1. The molecule has 0 spiro atoms. The first kappa shape index (κ1) is 20.0. The quantitative estimate of drug-likeness (QED) is 0.548. The topological polar surface area (TPSA) is 77.1 Å². The summed E-state index contributed by atoms with van der Waals surface area (Å²) in [7, 11) is 4.58. The second-order valence-corrected chi connectivity index (χ2v) is 6.15. The van der Waals surface area contributed by atoms with Crippen LogP contribution in [0.2, 0.25) is 0 Å². The van der Waals surface area contributed by atoms with Gasteiger partial charge in [0.25, 0.3) is 11.8 Å². The molecule has 0 aromatic heterocycles. The van der Waals surface area contributed by atoms with Crippen molar-refractivity contribution in [2.45, 2.75) is 0 Å². The van der Waals surface area contributed by atoms with E-state index in [9.17, 15) is 9.59 Å². The van der Waals surface area contributed by atoms with Gasteiger partial charge in [-0.3, -0.25) is 14.5 Å². The lowest BCUT2D eigenvalue weighted by molar-refractivity contribution is -0.136. The van der Waals surface area contributed by atoms with Crippen LogP contribution in [0, 0.1) is 0 Å². The van der Waals surface area contributed by atoms with Gasteiger partial charge < -0.3 is 19.5 Å². The smallest absolute Gasteiger partial charge is 0.278 e. The fraction of sp³-hybridized carbons (Fsp3) is 0.182. The maximum atomic E-state index is 13.1. The molecule has 1 heterocycles. The Balaban J connectivity index is 2.15. The molecule has 7 nitrogen and oxygen atoms in total. The predicted molar refractivity (Wildman–Crippen MR) is 110 cm³/mol. The lowest BCUT2D eigenvalue weighted by Crippen LogP contribution is -2.32. The van der Waals surface area contributed by atoms with Crippen molar-refractivity contribution < 1.29 is 23.8 Å². The van der Waals surface area contributed by atoms with Crippen LogP contribution < -0.4 is 19.5 Å². The van der Waals surface area contributed by atoms with Gasteiger partial charge >= 0.3 is 0 Å². The largest absolute Gasteiger partial charge is 0.497 e. The minimum Gasteiger partial charge on any atom is -0.497 e. The molecule has 1 N–H and O–H groups in total. The second kappa shape index (κ2) is 8.52. The number of carbonyl (C=O) groups is 2. The third-order valence-electron chi connectivity index (χ3n) is 4.52. The molecule has 0 aliphatic carbocycles. The number of rotatable bonds is 8. The molecule has 0 atom stereocenters. The summed E-state index contributed by atoms with van der Waals surface area (Å²) in [6.07, 6.45) is 1.51. The van der Waals surface area contributed by atoms with E-state index >= 15 is 0 Å². The van der Waals surface area contributed by atoms with Crippen molar-refractivity contribution in [1.29, 1.82) is 0 Å². The zero-order valence-corrected chi connectivity index (χ0v) is 16.5. The Kier molecular flexibility index (Phi) is 5.87. The molecule has 150 valence electrons. The van der Waals surface area contributed by atoms with Crippen molar-refractivity contribution in [3.05, 3.63) is 66.4 Å². The molecule has 1 aliphatic heterocycles. The van der Waals surface area contributed by atoms with Crippen molar-refractivity contribution in [2.75, 3.05) is 33.2 Å². The zero-order chi connectivity index (χ0) is 21.0. The average molecular weight is 394 g/mol. The molecule has 0 unspecified atom stereocenters. The number of amides is 2. The van der Waals surface area contributed by atoms with Crippen molar-refractivity contribution in [1.82, 2.24) is 4.90 Å². The van der Waals surface area contributed by atoms with E-state index < -0.39 is 11.8 Å². The molecular weight excluding hydrogens is 372 g/mol. The van der Waals surface area contributed by atoms with Gasteiger partial charge in [0.15, 0.2) is 0 Å². The number of hydrogen-bond acceptors (Lipinski definition) is 6. The summed E-state index contributed by atoms with van der Waals surface area (Å²) in [5.74, 6) is 0.695. The van der Waals surface area contributed by atoms with Crippen LogP contribution in [0.15, 0.2) is 60.8 Å². The standard InChI is InChI=1S/C22H22N2O5/c1-5-12-24-21(25)19(15-8-6-7-9-17(15)28-3)20(22(24)26)23-16-11-10-14(27-2)13-18(16)29-4/h5-11,13,23H,1,12H2,2-4H3. The van der Waals surface area contributed by atoms with E-state index in [0.717, 1.165) is 4.90 Å². The van der Waals surface area contributed by atoms with Gasteiger partial charge in [0, 0.05) is 18.2 Å². The van der Waals surface area contributed by atoms with Crippen molar-refractivity contribution in [2.24, 2.45) is 0 Å². The van der Waals surface area contributed by atoms with Crippen LogP contribution in [0.25, 0.3) is 5.57 Å². The molecule has 0 radical (unpaired) electrons. The first-order valence-electron chi connectivity index (χ1n) is 8.89. The first-order chi connectivity index (χ1) is 14.0. The highest BCUT2D eigenvalue weighted by Gasteiger charge is 2.39. The molecule has 7 heteroatoms. The van der Waals surface area contributed by atoms with Gasteiger partial charge in [-0.1, -0.05) is 24.3 Å². The minimum atomic E-state index is -0.450. The van der Waals surface area contributed by atoms with E-state index in [1.807, 2.05) is 0 Å². The number of carbonyl (C=O) groups excluding carboxylic acids is 2. The average Bonchev–Trinajstić information content (AvgIpc) is 2.98. The Hall–Kier alpha value is -3.74. The molecular formula is C22H22N2O5. The maximum absolute atomic E-state index is 13.1. The molecule has 1 aliphatic rings. The van der Waals surface area contributed by atoms with Crippen LogP contribution in [0.3, 0.4) is 0 Å². The van der Waals surface area contributed by atoms with Crippen LogP contribution in [0.5, 0.6) is 17.2 Å². The van der Waals surface area contributed by atoms with Crippen LogP contribution >= 0.6 is 0 Å². The molecule has 0 saturated carbocycles. The molecule has 2 amide bonds.